The van der Waals surface area contributed by atoms with Crippen LogP contribution in [0.25, 0.3) is 5.69 Å². The topological polar surface area (TPSA) is 55.6 Å². The number of rotatable bonds is 8. The summed E-state index contributed by atoms with van der Waals surface area (Å²) in [5.41, 5.74) is 2.35. The Bertz CT molecular complexity index is 705. The molecule has 7 heteroatoms. The highest BCUT2D eigenvalue weighted by Crippen LogP contribution is 2.17. The Balaban J connectivity index is 0.00000208. The van der Waals surface area contributed by atoms with Crippen LogP contribution < -0.4 is 5.32 Å². The van der Waals surface area contributed by atoms with Crippen molar-refractivity contribution in [2.45, 2.75) is 11.6 Å². The van der Waals surface area contributed by atoms with E-state index in [0.717, 1.165) is 36.1 Å². The molecule has 0 aliphatic rings. The molecular weight excluding hydrogens is 342 g/mol. The van der Waals surface area contributed by atoms with Gasteiger partial charge in [-0.15, -0.1) is 17.5 Å². The SMILES string of the molecule is Cl.c1ccc(CCNCCSc2nnnn2-c2ccccc2)cc1. The van der Waals surface area contributed by atoms with Crippen LogP contribution in [0.2, 0.25) is 0 Å². The van der Waals surface area contributed by atoms with Crippen LogP contribution in [0, 0.1) is 0 Å². The van der Waals surface area contributed by atoms with E-state index in [1.807, 2.05) is 36.4 Å². The maximum Gasteiger partial charge on any atom is 0.214 e. The summed E-state index contributed by atoms with van der Waals surface area (Å²) in [5.74, 6) is 0.933. The Labute approximate surface area is 152 Å². The number of aromatic nitrogens is 4. The molecule has 1 heterocycles. The van der Waals surface area contributed by atoms with Crippen LogP contribution in [0.1, 0.15) is 5.56 Å². The summed E-state index contributed by atoms with van der Waals surface area (Å²) < 4.78 is 1.77. The van der Waals surface area contributed by atoms with Crippen LogP contribution in [-0.2, 0) is 6.42 Å². The standard InChI is InChI=1S/C17H19N5S.ClH/c1-3-7-15(8-4-1)11-12-18-13-14-23-17-19-20-21-22(17)16-9-5-2-6-10-16;/h1-10,18H,11-14H2;1H. The molecule has 0 atom stereocenters. The number of benzene rings is 2. The molecule has 0 unspecified atom stereocenters. The predicted octanol–water partition coefficient (Wildman–Crippen LogP) is 3.01. The van der Waals surface area contributed by atoms with Crippen LogP contribution in [0.3, 0.4) is 0 Å². The maximum absolute atomic E-state index is 4.09. The number of hydrogen-bond acceptors (Lipinski definition) is 5. The lowest BCUT2D eigenvalue weighted by Gasteiger charge is -2.05. The van der Waals surface area contributed by atoms with Gasteiger partial charge in [-0.05, 0) is 41.1 Å². The van der Waals surface area contributed by atoms with E-state index < -0.39 is 0 Å². The van der Waals surface area contributed by atoms with Crippen molar-refractivity contribution < 1.29 is 0 Å². The summed E-state index contributed by atoms with van der Waals surface area (Å²) in [6, 6.07) is 20.5. The average Bonchev–Trinajstić information content (AvgIpc) is 3.08. The van der Waals surface area contributed by atoms with Crippen LogP contribution in [-0.4, -0.2) is 39.0 Å². The lowest BCUT2D eigenvalue weighted by molar-refractivity contribution is 0.718. The molecule has 0 bridgehead atoms. The highest BCUT2D eigenvalue weighted by molar-refractivity contribution is 7.99. The first-order valence-electron chi connectivity index (χ1n) is 7.65. The Kier molecular flexibility index (Phi) is 7.74. The van der Waals surface area contributed by atoms with Crippen LogP contribution in [0.5, 0.6) is 0 Å². The molecule has 126 valence electrons. The summed E-state index contributed by atoms with van der Waals surface area (Å²) >= 11 is 1.66. The van der Waals surface area contributed by atoms with Gasteiger partial charge < -0.3 is 5.32 Å². The second kappa shape index (κ2) is 10.1. The maximum atomic E-state index is 4.09. The van der Waals surface area contributed by atoms with Gasteiger partial charge in [-0.25, -0.2) is 0 Å². The Morgan fingerprint density at radius 1 is 0.917 bits per heavy atom. The molecule has 0 saturated heterocycles. The van der Waals surface area contributed by atoms with E-state index in [9.17, 15) is 0 Å². The summed E-state index contributed by atoms with van der Waals surface area (Å²) in [6.07, 6.45) is 1.05. The van der Waals surface area contributed by atoms with Gasteiger partial charge >= 0.3 is 0 Å². The lowest BCUT2D eigenvalue weighted by Crippen LogP contribution is -2.20. The van der Waals surface area contributed by atoms with E-state index in [1.54, 1.807) is 16.4 Å². The van der Waals surface area contributed by atoms with E-state index >= 15 is 0 Å². The zero-order valence-corrected chi connectivity index (χ0v) is 14.8. The highest BCUT2D eigenvalue weighted by Gasteiger charge is 2.07. The van der Waals surface area contributed by atoms with Crippen molar-refractivity contribution in [1.82, 2.24) is 25.5 Å². The highest BCUT2D eigenvalue weighted by atomic mass is 35.5. The van der Waals surface area contributed by atoms with Crippen molar-refractivity contribution in [3.8, 4) is 5.69 Å². The summed E-state index contributed by atoms with van der Waals surface area (Å²) in [6.45, 7) is 1.91. The van der Waals surface area contributed by atoms with E-state index in [1.165, 1.54) is 5.56 Å². The van der Waals surface area contributed by atoms with Crippen molar-refractivity contribution >= 4 is 24.2 Å². The van der Waals surface area contributed by atoms with Gasteiger partial charge in [-0.2, -0.15) is 4.68 Å². The first kappa shape index (κ1) is 18.4. The molecule has 0 spiro atoms. The number of hydrogen-bond donors (Lipinski definition) is 1. The second-order valence-electron chi connectivity index (χ2n) is 5.04. The fraction of sp³-hybridized carbons (Fsp3) is 0.235. The Morgan fingerprint density at radius 3 is 2.38 bits per heavy atom. The zero-order valence-electron chi connectivity index (χ0n) is 13.2. The van der Waals surface area contributed by atoms with Gasteiger partial charge in [0.2, 0.25) is 5.16 Å². The molecule has 3 rings (SSSR count). The van der Waals surface area contributed by atoms with Crippen LogP contribution in [0.4, 0.5) is 0 Å². The monoisotopic (exact) mass is 361 g/mol. The number of halogens is 1. The number of para-hydroxylation sites is 1. The summed E-state index contributed by atoms with van der Waals surface area (Å²) in [4.78, 5) is 0. The van der Waals surface area contributed by atoms with E-state index in [2.05, 4.69) is 45.1 Å². The molecule has 0 aliphatic heterocycles. The molecule has 1 N–H and O–H groups in total. The van der Waals surface area contributed by atoms with Gasteiger partial charge in [-0.1, -0.05) is 60.3 Å². The smallest absolute Gasteiger partial charge is 0.214 e. The molecule has 0 fully saturated rings. The van der Waals surface area contributed by atoms with Crippen molar-refractivity contribution in [1.29, 1.82) is 0 Å². The van der Waals surface area contributed by atoms with Gasteiger partial charge in [0.1, 0.15) is 0 Å². The zero-order chi connectivity index (χ0) is 15.7. The molecule has 0 amide bonds. The van der Waals surface area contributed by atoms with Gasteiger partial charge in [-0.3, -0.25) is 0 Å². The number of nitrogens with zero attached hydrogens (tertiary/aromatic N) is 4. The van der Waals surface area contributed by atoms with Gasteiger partial charge in [0.05, 0.1) is 5.69 Å². The fourth-order valence-electron chi connectivity index (χ4n) is 2.22. The van der Waals surface area contributed by atoms with Crippen LogP contribution in [0.15, 0.2) is 65.8 Å². The quantitative estimate of drug-likeness (QED) is 0.493. The molecule has 3 aromatic rings. The largest absolute Gasteiger partial charge is 0.316 e. The molecule has 5 nitrogen and oxygen atoms in total. The molecular formula is C17H20ClN5S. The average molecular weight is 362 g/mol. The van der Waals surface area contributed by atoms with E-state index in [0.29, 0.717) is 0 Å². The number of nitrogens with one attached hydrogen (secondary N) is 1. The first-order valence-corrected chi connectivity index (χ1v) is 8.63. The molecule has 1 aromatic heterocycles. The third-order valence-electron chi connectivity index (χ3n) is 3.38. The Morgan fingerprint density at radius 2 is 1.62 bits per heavy atom. The van der Waals surface area contributed by atoms with Crippen molar-refractivity contribution in [2.24, 2.45) is 0 Å². The summed E-state index contributed by atoms with van der Waals surface area (Å²) in [7, 11) is 0. The van der Waals surface area contributed by atoms with Gasteiger partial charge in [0.15, 0.2) is 0 Å². The minimum Gasteiger partial charge on any atom is -0.316 e. The molecule has 2 aromatic carbocycles. The predicted molar refractivity (Wildman–Crippen MR) is 100 cm³/mol. The second-order valence-corrected chi connectivity index (χ2v) is 6.10. The number of tetrazole rings is 1. The van der Waals surface area contributed by atoms with Gasteiger partial charge in [0, 0.05) is 12.3 Å². The van der Waals surface area contributed by atoms with Crippen molar-refractivity contribution in [2.75, 3.05) is 18.8 Å². The van der Waals surface area contributed by atoms with Crippen LogP contribution >= 0.6 is 24.2 Å². The normalized spacial score (nSPS) is 10.3. The Hall–Kier alpha value is -1.89. The minimum atomic E-state index is 0. The number of thioether (sulfide) groups is 1. The minimum absolute atomic E-state index is 0. The molecule has 0 aliphatic carbocycles. The summed E-state index contributed by atoms with van der Waals surface area (Å²) in [5, 5.41) is 16.2. The lowest BCUT2D eigenvalue weighted by atomic mass is 10.1. The molecule has 0 saturated carbocycles. The molecule has 24 heavy (non-hydrogen) atoms. The third-order valence-corrected chi connectivity index (χ3v) is 4.31. The molecule has 0 radical (unpaired) electrons. The first-order chi connectivity index (χ1) is 11.4. The van der Waals surface area contributed by atoms with Crippen molar-refractivity contribution in [3.63, 3.8) is 0 Å². The van der Waals surface area contributed by atoms with E-state index in [-0.39, 0.29) is 12.4 Å². The van der Waals surface area contributed by atoms with E-state index in [4.69, 9.17) is 0 Å². The fourth-order valence-corrected chi connectivity index (χ4v) is 3.00. The van der Waals surface area contributed by atoms with Crippen molar-refractivity contribution in [3.05, 3.63) is 66.2 Å². The third kappa shape index (κ3) is 5.33. The van der Waals surface area contributed by atoms with Gasteiger partial charge in [0.25, 0.3) is 0 Å².